The highest BCUT2D eigenvalue weighted by Gasteiger charge is 2.75. The van der Waals surface area contributed by atoms with Gasteiger partial charge in [-0.15, -0.1) is 0 Å². The zero-order valence-electron chi connectivity index (χ0n) is 21.1. The minimum atomic E-state index is -1.99. The standard InChI is InChI=1S/C29H30O8/c1-34-19-12-17-15-28(18-10-11-21(35-2)20(30)13-18)25(16-8-6-5-7-9-16)23(27(32)37-4)26(31)29(28,33)24(17)22(14-19)36-3/h5-14,23,25-26,30-31,33H,15H2,1-4H3. The SMILES string of the molecule is COC(=O)C1C(O)C2(O)c3c(cc(OC)cc3OC)CC2(c2ccc(OC)c(O)c2)C1c1ccccc1. The molecular formula is C29H30O8. The highest BCUT2D eigenvalue weighted by atomic mass is 16.5. The third kappa shape index (κ3) is 3.25. The van der Waals surface area contributed by atoms with Gasteiger partial charge in [0.25, 0.3) is 0 Å². The summed E-state index contributed by atoms with van der Waals surface area (Å²) in [5.41, 5.74) is -0.923. The van der Waals surface area contributed by atoms with Crippen molar-refractivity contribution in [3.05, 3.63) is 82.9 Å². The van der Waals surface area contributed by atoms with Gasteiger partial charge in [-0.3, -0.25) is 4.79 Å². The van der Waals surface area contributed by atoms with Gasteiger partial charge in [-0.1, -0.05) is 36.4 Å². The van der Waals surface area contributed by atoms with Crippen molar-refractivity contribution in [3.8, 4) is 23.0 Å². The Kier molecular flexibility index (Phi) is 6.04. The van der Waals surface area contributed by atoms with Crippen molar-refractivity contribution in [2.75, 3.05) is 28.4 Å². The van der Waals surface area contributed by atoms with Gasteiger partial charge in [0.2, 0.25) is 0 Å². The van der Waals surface area contributed by atoms with E-state index in [1.54, 1.807) is 24.3 Å². The first-order chi connectivity index (χ1) is 17.8. The Hall–Kier alpha value is -3.75. The average molecular weight is 507 g/mol. The second kappa shape index (κ2) is 8.97. The Labute approximate surface area is 215 Å². The van der Waals surface area contributed by atoms with Crippen LogP contribution in [0.5, 0.6) is 23.0 Å². The lowest BCUT2D eigenvalue weighted by atomic mass is 9.62. The maximum atomic E-state index is 13.3. The fourth-order valence-corrected chi connectivity index (χ4v) is 6.68. The largest absolute Gasteiger partial charge is 0.504 e. The number of aliphatic hydroxyl groups is 2. The third-order valence-electron chi connectivity index (χ3n) is 8.13. The highest BCUT2D eigenvalue weighted by Crippen LogP contribution is 2.70. The van der Waals surface area contributed by atoms with Crippen LogP contribution in [-0.2, 0) is 27.0 Å². The molecular weight excluding hydrogens is 476 g/mol. The van der Waals surface area contributed by atoms with Crippen molar-refractivity contribution >= 4 is 5.97 Å². The first kappa shape index (κ1) is 24.9. The molecule has 0 bridgehead atoms. The molecule has 3 aromatic rings. The van der Waals surface area contributed by atoms with Crippen molar-refractivity contribution in [2.24, 2.45) is 5.92 Å². The van der Waals surface area contributed by atoms with Crippen molar-refractivity contribution in [3.63, 3.8) is 0 Å². The number of methoxy groups -OCH3 is 4. The molecule has 5 unspecified atom stereocenters. The average Bonchev–Trinajstić information content (AvgIpc) is 3.30. The van der Waals surface area contributed by atoms with Gasteiger partial charge < -0.3 is 34.3 Å². The Morgan fingerprint density at radius 3 is 2.22 bits per heavy atom. The summed E-state index contributed by atoms with van der Waals surface area (Å²) in [6, 6.07) is 17.6. The summed E-state index contributed by atoms with van der Waals surface area (Å²) in [7, 11) is 5.73. The lowest BCUT2D eigenvalue weighted by Gasteiger charge is -2.43. The quantitative estimate of drug-likeness (QED) is 0.437. The van der Waals surface area contributed by atoms with E-state index in [0.717, 1.165) is 5.56 Å². The van der Waals surface area contributed by atoms with E-state index in [0.29, 0.717) is 28.2 Å². The lowest BCUT2D eigenvalue weighted by molar-refractivity contribution is -0.154. The predicted octanol–water partition coefficient (Wildman–Crippen LogP) is 3.05. The smallest absolute Gasteiger partial charge is 0.312 e. The Morgan fingerprint density at radius 1 is 0.919 bits per heavy atom. The Morgan fingerprint density at radius 2 is 1.62 bits per heavy atom. The van der Waals surface area contributed by atoms with E-state index >= 15 is 0 Å². The van der Waals surface area contributed by atoms with Crippen LogP contribution < -0.4 is 14.2 Å². The van der Waals surface area contributed by atoms with Gasteiger partial charge >= 0.3 is 5.97 Å². The first-order valence-corrected chi connectivity index (χ1v) is 11.9. The van der Waals surface area contributed by atoms with E-state index in [2.05, 4.69) is 0 Å². The van der Waals surface area contributed by atoms with Gasteiger partial charge in [0.05, 0.1) is 34.4 Å². The molecule has 0 saturated heterocycles. The molecule has 0 spiro atoms. The summed E-state index contributed by atoms with van der Waals surface area (Å²) in [6.07, 6.45) is -1.33. The maximum absolute atomic E-state index is 13.3. The summed E-state index contributed by atoms with van der Waals surface area (Å²) in [4.78, 5) is 13.3. The van der Waals surface area contributed by atoms with Gasteiger partial charge in [-0.2, -0.15) is 0 Å². The van der Waals surface area contributed by atoms with E-state index in [4.69, 9.17) is 18.9 Å². The van der Waals surface area contributed by atoms with Gasteiger partial charge in [-0.05, 0) is 41.3 Å². The maximum Gasteiger partial charge on any atom is 0.312 e. The summed E-state index contributed by atoms with van der Waals surface area (Å²) in [5, 5.41) is 35.5. The topological polar surface area (TPSA) is 115 Å². The van der Waals surface area contributed by atoms with Crippen LogP contribution in [0.2, 0.25) is 0 Å². The summed E-state index contributed by atoms with van der Waals surface area (Å²) >= 11 is 0. The molecule has 8 heteroatoms. The van der Waals surface area contributed by atoms with Crippen molar-refractivity contribution in [1.82, 2.24) is 0 Å². The number of benzene rings is 3. The van der Waals surface area contributed by atoms with Crippen LogP contribution >= 0.6 is 0 Å². The van der Waals surface area contributed by atoms with Crippen LogP contribution in [0.3, 0.4) is 0 Å². The molecule has 3 N–H and O–H groups in total. The number of fused-ring (bicyclic) bond motifs is 3. The van der Waals surface area contributed by atoms with Crippen molar-refractivity contribution < 1.29 is 39.1 Å². The van der Waals surface area contributed by atoms with E-state index in [-0.39, 0.29) is 17.9 Å². The fourth-order valence-electron chi connectivity index (χ4n) is 6.68. The zero-order chi connectivity index (χ0) is 26.5. The number of esters is 1. The van der Waals surface area contributed by atoms with Crippen molar-refractivity contribution in [2.45, 2.75) is 29.5 Å². The van der Waals surface area contributed by atoms with E-state index in [1.165, 1.54) is 34.5 Å². The highest BCUT2D eigenvalue weighted by molar-refractivity contribution is 5.78. The fraction of sp³-hybridized carbons (Fsp3) is 0.345. The lowest BCUT2D eigenvalue weighted by Crippen LogP contribution is -2.50. The minimum Gasteiger partial charge on any atom is -0.504 e. The van der Waals surface area contributed by atoms with E-state index in [1.807, 2.05) is 30.3 Å². The molecule has 0 aromatic heterocycles. The number of carbonyl (C=O) groups is 1. The number of aromatic hydroxyl groups is 1. The predicted molar refractivity (Wildman–Crippen MR) is 134 cm³/mol. The molecule has 37 heavy (non-hydrogen) atoms. The number of ether oxygens (including phenoxy) is 4. The molecule has 0 heterocycles. The molecule has 5 rings (SSSR count). The summed E-state index contributed by atoms with van der Waals surface area (Å²) < 4.78 is 21.6. The molecule has 3 aromatic carbocycles. The molecule has 0 amide bonds. The first-order valence-electron chi connectivity index (χ1n) is 11.9. The zero-order valence-corrected chi connectivity index (χ0v) is 21.1. The van der Waals surface area contributed by atoms with Gasteiger partial charge in [-0.25, -0.2) is 0 Å². The van der Waals surface area contributed by atoms with Crippen LogP contribution in [0, 0.1) is 5.92 Å². The van der Waals surface area contributed by atoms with Crippen LogP contribution in [-0.4, -0.2) is 55.8 Å². The monoisotopic (exact) mass is 506 g/mol. The molecule has 5 atom stereocenters. The van der Waals surface area contributed by atoms with E-state index < -0.39 is 34.9 Å². The second-order valence-electron chi connectivity index (χ2n) is 9.55. The molecule has 194 valence electrons. The van der Waals surface area contributed by atoms with Crippen LogP contribution in [0.4, 0.5) is 0 Å². The van der Waals surface area contributed by atoms with E-state index in [9.17, 15) is 20.1 Å². The van der Waals surface area contributed by atoms with Crippen LogP contribution in [0.25, 0.3) is 0 Å². The summed E-state index contributed by atoms with van der Waals surface area (Å²) in [6.45, 7) is 0. The molecule has 2 aliphatic carbocycles. The van der Waals surface area contributed by atoms with Crippen LogP contribution in [0.15, 0.2) is 60.7 Å². The van der Waals surface area contributed by atoms with Crippen LogP contribution in [0.1, 0.15) is 28.2 Å². The Balaban J connectivity index is 1.90. The van der Waals surface area contributed by atoms with Crippen molar-refractivity contribution in [1.29, 1.82) is 0 Å². The number of aliphatic hydroxyl groups excluding tert-OH is 1. The molecule has 0 radical (unpaired) electrons. The number of hydrogen-bond donors (Lipinski definition) is 3. The minimum absolute atomic E-state index is 0.125. The second-order valence-corrected chi connectivity index (χ2v) is 9.55. The van der Waals surface area contributed by atoms with Gasteiger partial charge in [0, 0.05) is 23.0 Å². The number of carbonyl (C=O) groups excluding carboxylic acids is 1. The molecule has 1 saturated carbocycles. The molecule has 2 aliphatic rings. The summed E-state index contributed by atoms with van der Waals surface area (Å²) in [5.74, 6) is -1.48. The molecule has 0 aliphatic heterocycles. The normalized spacial score (nSPS) is 27.8. The van der Waals surface area contributed by atoms with Gasteiger partial charge in [0.1, 0.15) is 23.2 Å². The number of rotatable bonds is 6. The molecule has 8 nitrogen and oxygen atoms in total. The van der Waals surface area contributed by atoms with Gasteiger partial charge in [0.15, 0.2) is 11.5 Å². The number of hydrogen-bond acceptors (Lipinski definition) is 8. The molecule has 1 fully saturated rings. The number of phenolic OH excluding ortho intramolecular Hbond substituents is 1. The third-order valence-corrected chi connectivity index (χ3v) is 8.13. The Bertz CT molecular complexity index is 1340. The number of phenols is 1.